The van der Waals surface area contributed by atoms with Gasteiger partial charge in [-0.15, -0.1) is 0 Å². The molecule has 0 amide bonds. The van der Waals surface area contributed by atoms with Gasteiger partial charge >= 0.3 is 11.9 Å². The Morgan fingerprint density at radius 3 is 2.23 bits per heavy atom. The van der Waals surface area contributed by atoms with Crippen molar-refractivity contribution >= 4 is 33.9 Å². The maximum absolute atomic E-state index is 9.55. The zero-order valence-electron chi connectivity index (χ0n) is 17.2. The second-order valence-electron chi connectivity index (χ2n) is 8.03. The van der Waals surface area contributed by atoms with E-state index in [0.29, 0.717) is 30.3 Å². The Labute approximate surface area is 179 Å². The summed E-state index contributed by atoms with van der Waals surface area (Å²) in [6.07, 6.45) is 6.41. The topological polar surface area (TPSA) is 100 Å². The van der Waals surface area contributed by atoms with Crippen molar-refractivity contribution in [3.8, 4) is 5.75 Å². The number of hydrogen-bond donors (Lipinski definition) is 2. The van der Waals surface area contributed by atoms with Crippen molar-refractivity contribution in [2.75, 3.05) is 7.05 Å². The number of aliphatic carboxylic acids is 2. The quantitative estimate of drug-likeness (QED) is 0.604. The van der Waals surface area contributed by atoms with Crippen LogP contribution in [0, 0.1) is 0 Å². The van der Waals surface area contributed by atoms with Gasteiger partial charge in [-0.1, -0.05) is 18.2 Å². The third-order valence-electron chi connectivity index (χ3n) is 6.07. The van der Waals surface area contributed by atoms with Crippen molar-refractivity contribution in [1.29, 1.82) is 0 Å². The first-order chi connectivity index (χ1) is 14.9. The van der Waals surface area contributed by atoms with Crippen molar-refractivity contribution in [3.63, 3.8) is 0 Å². The van der Waals surface area contributed by atoms with E-state index in [0.717, 1.165) is 40.5 Å². The van der Waals surface area contributed by atoms with E-state index in [-0.39, 0.29) is 0 Å². The summed E-state index contributed by atoms with van der Waals surface area (Å²) in [5.41, 5.74) is 1.87. The van der Waals surface area contributed by atoms with Crippen molar-refractivity contribution in [3.05, 3.63) is 54.6 Å². The number of piperidine rings is 1. The van der Waals surface area contributed by atoms with Crippen LogP contribution in [0.25, 0.3) is 21.9 Å². The zero-order valence-corrected chi connectivity index (χ0v) is 17.2. The Morgan fingerprint density at radius 2 is 1.58 bits per heavy atom. The molecular weight excluding hydrogens is 398 g/mol. The van der Waals surface area contributed by atoms with Crippen molar-refractivity contribution in [2.45, 2.75) is 43.9 Å². The molecule has 2 fully saturated rings. The monoisotopic (exact) mass is 423 g/mol. The first-order valence-corrected chi connectivity index (χ1v) is 10.3. The summed E-state index contributed by atoms with van der Waals surface area (Å²) in [5, 5.41) is 17.9. The number of carboxylic acid groups (broad SMARTS) is 2. The first kappa shape index (κ1) is 20.9. The van der Waals surface area contributed by atoms with Gasteiger partial charge in [-0.05, 0) is 57.0 Å². The molecule has 2 atom stereocenters. The zero-order chi connectivity index (χ0) is 22.0. The van der Waals surface area contributed by atoms with Gasteiger partial charge in [-0.25, -0.2) is 9.59 Å². The summed E-state index contributed by atoms with van der Waals surface area (Å²) in [4.78, 5) is 21.7. The molecule has 7 nitrogen and oxygen atoms in total. The Morgan fingerprint density at radius 1 is 0.968 bits per heavy atom. The first-order valence-electron chi connectivity index (χ1n) is 10.3. The lowest BCUT2D eigenvalue weighted by Gasteiger charge is -2.36. The van der Waals surface area contributed by atoms with E-state index in [4.69, 9.17) is 19.4 Å². The lowest BCUT2D eigenvalue weighted by atomic mass is 10.0. The Kier molecular flexibility index (Phi) is 5.95. The predicted octanol–water partition coefficient (Wildman–Crippen LogP) is 4.30. The van der Waals surface area contributed by atoms with Crippen LogP contribution < -0.4 is 4.74 Å². The maximum atomic E-state index is 9.55. The van der Waals surface area contributed by atoms with Gasteiger partial charge in [0.25, 0.3) is 0 Å². The third kappa shape index (κ3) is 4.72. The van der Waals surface area contributed by atoms with Crippen LogP contribution in [-0.4, -0.2) is 52.3 Å². The van der Waals surface area contributed by atoms with Crippen LogP contribution >= 0.6 is 0 Å². The molecule has 3 heterocycles. The number of rotatable bonds is 4. The van der Waals surface area contributed by atoms with E-state index in [9.17, 15) is 9.59 Å². The van der Waals surface area contributed by atoms with E-state index in [2.05, 4.69) is 30.1 Å². The van der Waals surface area contributed by atoms with Gasteiger partial charge in [0.1, 0.15) is 23.0 Å². The number of furan rings is 1. The van der Waals surface area contributed by atoms with Crippen LogP contribution in [0.4, 0.5) is 0 Å². The summed E-state index contributed by atoms with van der Waals surface area (Å²) >= 11 is 0. The van der Waals surface area contributed by atoms with Crippen LogP contribution in [0.5, 0.6) is 5.75 Å². The second-order valence-corrected chi connectivity index (χ2v) is 8.03. The molecule has 2 aliphatic heterocycles. The molecule has 162 valence electrons. The Bertz CT molecular complexity index is 1100. The molecule has 2 aliphatic rings. The molecule has 31 heavy (non-hydrogen) atoms. The molecule has 1 aromatic heterocycles. The van der Waals surface area contributed by atoms with E-state index >= 15 is 0 Å². The number of hydrogen-bond acceptors (Lipinski definition) is 5. The van der Waals surface area contributed by atoms with Crippen molar-refractivity contribution in [2.24, 2.45) is 0 Å². The number of carboxylic acids is 2. The smallest absolute Gasteiger partial charge is 0.328 e. The van der Waals surface area contributed by atoms with Crippen LogP contribution in [0.2, 0.25) is 0 Å². The molecular formula is C24H25NO6. The number of benzene rings is 2. The molecule has 7 heteroatoms. The summed E-state index contributed by atoms with van der Waals surface area (Å²) in [5.74, 6) is -1.54. The van der Waals surface area contributed by atoms with Crippen molar-refractivity contribution in [1.82, 2.24) is 4.90 Å². The molecule has 0 aliphatic carbocycles. The lowest BCUT2D eigenvalue weighted by Crippen LogP contribution is -2.43. The van der Waals surface area contributed by atoms with E-state index < -0.39 is 11.9 Å². The number of carbonyl (C=O) groups is 2. The fourth-order valence-corrected chi connectivity index (χ4v) is 4.57. The summed E-state index contributed by atoms with van der Waals surface area (Å²) in [6.45, 7) is 0. The average molecular weight is 423 g/mol. The summed E-state index contributed by atoms with van der Waals surface area (Å²) in [7, 11) is 2.27. The number of ether oxygens (including phenoxy) is 1. The summed E-state index contributed by atoms with van der Waals surface area (Å²) in [6, 6.07) is 15.8. The number of nitrogens with zero attached hydrogens (tertiary/aromatic N) is 1. The molecule has 2 bridgehead atoms. The minimum absolute atomic E-state index is 0.347. The van der Waals surface area contributed by atoms with Crippen LogP contribution in [0.15, 0.2) is 59.0 Å². The highest BCUT2D eigenvalue weighted by molar-refractivity contribution is 6.05. The van der Waals surface area contributed by atoms with Gasteiger partial charge in [0.15, 0.2) is 0 Å². The van der Waals surface area contributed by atoms with Crippen LogP contribution in [0.1, 0.15) is 25.7 Å². The third-order valence-corrected chi connectivity index (χ3v) is 6.07. The van der Waals surface area contributed by atoms with Crippen LogP contribution in [0.3, 0.4) is 0 Å². The highest BCUT2D eigenvalue weighted by Gasteiger charge is 2.39. The number of fused-ring (bicyclic) bond motifs is 5. The summed E-state index contributed by atoms with van der Waals surface area (Å²) < 4.78 is 12.2. The standard InChI is InChI=1S/C20H21NO2.C4H4O4/c1-21-13-6-7-14(21)11-16(10-13)22-15-8-9-20-18(12-15)17-4-2-3-5-19(17)23-20;5-3(6)1-2-4(7)8/h2-5,8-9,12-14,16H,6-7,10-11H2,1H3;1-2H,(H,5,6)(H,7,8)/b;2-1+. The van der Waals surface area contributed by atoms with E-state index in [1.165, 1.54) is 12.8 Å². The van der Waals surface area contributed by atoms with Gasteiger partial charge < -0.3 is 24.3 Å². The SMILES string of the molecule is CN1C2CCC1CC(Oc1ccc3oc4ccccc4c3c1)C2.O=C(O)/C=C/C(=O)O. The molecule has 0 saturated carbocycles. The fraction of sp³-hybridized carbons (Fsp3) is 0.333. The largest absolute Gasteiger partial charge is 0.490 e. The van der Waals surface area contributed by atoms with Crippen molar-refractivity contribution < 1.29 is 29.0 Å². The molecule has 0 radical (unpaired) electrons. The predicted molar refractivity (Wildman–Crippen MR) is 116 cm³/mol. The Hall–Kier alpha value is -3.32. The highest BCUT2D eigenvalue weighted by Crippen LogP contribution is 2.37. The van der Waals surface area contributed by atoms with Gasteiger partial charge in [0.2, 0.25) is 0 Å². The molecule has 2 unspecified atom stereocenters. The second kappa shape index (κ2) is 8.81. The van der Waals surface area contributed by atoms with Crippen LogP contribution in [-0.2, 0) is 9.59 Å². The van der Waals surface area contributed by atoms with Gasteiger partial charge in [-0.3, -0.25) is 0 Å². The molecule has 2 N–H and O–H groups in total. The van der Waals surface area contributed by atoms with Gasteiger partial charge in [0.05, 0.1) is 0 Å². The minimum Gasteiger partial charge on any atom is -0.490 e. The lowest BCUT2D eigenvalue weighted by molar-refractivity contribution is -0.134. The highest BCUT2D eigenvalue weighted by atomic mass is 16.5. The normalized spacial score (nSPS) is 23.1. The van der Waals surface area contributed by atoms with Gasteiger partial charge in [0, 0.05) is 35.0 Å². The molecule has 3 aromatic rings. The van der Waals surface area contributed by atoms with E-state index in [1.807, 2.05) is 24.3 Å². The van der Waals surface area contributed by atoms with Gasteiger partial charge in [-0.2, -0.15) is 0 Å². The molecule has 0 spiro atoms. The molecule has 5 rings (SSSR count). The maximum Gasteiger partial charge on any atom is 0.328 e. The Balaban J connectivity index is 0.000000250. The van der Waals surface area contributed by atoms with E-state index in [1.54, 1.807) is 0 Å². The fourth-order valence-electron chi connectivity index (χ4n) is 4.57. The molecule has 2 saturated heterocycles. The average Bonchev–Trinajstić information content (AvgIpc) is 3.19. The number of para-hydroxylation sites is 1. The molecule has 2 aromatic carbocycles. The minimum atomic E-state index is -1.26.